The number of hydrogen-bond donors (Lipinski definition) is 0. The number of thiazole rings is 1. The molecule has 8 heteroatoms. The molecule has 0 saturated heterocycles. The lowest BCUT2D eigenvalue weighted by atomic mass is 10.5. The van der Waals surface area contributed by atoms with Crippen molar-refractivity contribution < 1.29 is 17.6 Å². The summed E-state index contributed by atoms with van der Waals surface area (Å²) in [5.74, 6) is -1.88. The van der Waals surface area contributed by atoms with E-state index in [1.165, 1.54) is 0 Å². The third-order valence-corrected chi connectivity index (χ3v) is 2.45. The first-order valence-corrected chi connectivity index (χ1v) is 4.64. The van der Waals surface area contributed by atoms with Crippen molar-refractivity contribution >= 4 is 11.3 Å². The smallest absolute Gasteiger partial charge is 0.314 e. The lowest BCUT2D eigenvalue weighted by Crippen LogP contribution is -1.81. The van der Waals surface area contributed by atoms with Crippen LogP contribution in [0, 0.1) is 12.9 Å². The molecule has 0 fully saturated rings. The van der Waals surface area contributed by atoms with Gasteiger partial charge in [-0.05, 0) is 6.92 Å². The topological polar surface area (TPSA) is 51.8 Å². The number of nitrogens with zero attached hydrogens (tertiary/aromatic N) is 3. The molecule has 0 aliphatic carbocycles. The molecule has 0 spiro atoms. The molecule has 0 saturated carbocycles. The van der Waals surface area contributed by atoms with Gasteiger partial charge in [0.1, 0.15) is 4.88 Å². The number of alkyl halides is 2. The van der Waals surface area contributed by atoms with E-state index < -0.39 is 18.3 Å². The van der Waals surface area contributed by atoms with Crippen molar-refractivity contribution in [2.75, 3.05) is 0 Å². The number of aryl methyl sites for hydroxylation is 1. The highest BCUT2D eigenvalue weighted by molar-refractivity contribution is 7.14. The Kier molecular flexibility index (Phi) is 2.43. The quantitative estimate of drug-likeness (QED) is 0.802. The van der Waals surface area contributed by atoms with E-state index in [2.05, 4.69) is 19.6 Å². The van der Waals surface area contributed by atoms with Crippen LogP contribution in [0.25, 0.3) is 10.8 Å². The molecule has 2 aromatic heterocycles. The van der Waals surface area contributed by atoms with Crippen molar-refractivity contribution in [1.82, 2.24) is 15.2 Å². The number of aromatic nitrogens is 3. The van der Waals surface area contributed by atoms with Gasteiger partial charge >= 0.3 is 6.43 Å². The third-order valence-electron chi connectivity index (χ3n) is 1.51. The molecule has 15 heavy (non-hydrogen) atoms. The van der Waals surface area contributed by atoms with Crippen LogP contribution in [-0.4, -0.2) is 15.2 Å². The van der Waals surface area contributed by atoms with E-state index in [0.717, 1.165) is 11.3 Å². The first-order chi connectivity index (χ1) is 7.08. The summed E-state index contributed by atoms with van der Waals surface area (Å²) < 4.78 is 41.9. The van der Waals surface area contributed by atoms with E-state index in [1.807, 2.05) is 0 Å². The van der Waals surface area contributed by atoms with Gasteiger partial charge in [-0.15, -0.1) is 21.5 Å². The standard InChI is InChI=1S/C7H4F3N3OS/c1-2-11-5(10)3(15-2)6-12-13-7(14-6)4(8)9/h4H,1H3. The first kappa shape index (κ1) is 10.1. The van der Waals surface area contributed by atoms with Crippen molar-refractivity contribution in [2.45, 2.75) is 13.3 Å². The number of halogens is 3. The highest BCUT2D eigenvalue weighted by Crippen LogP contribution is 2.29. The van der Waals surface area contributed by atoms with Crippen molar-refractivity contribution in [3.8, 4) is 10.8 Å². The van der Waals surface area contributed by atoms with Crippen LogP contribution < -0.4 is 0 Å². The largest absolute Gasteiger partial charge is 0.414 e. The molecular weight excluding hydrogens is 231 g/mol. The highest BCUT2D eigenvalue weighted by Gasteiger charge is 2.21. The third kappa shape index (κ3) is 1.84. The van der Waals surface area contributed by atoms with E-state index >= 15 is 0 Å². The predicted octanol–water partition coefficient (Wildman–Crippen LogP) is 2.58. The Morgan fingerprint density at radius 3 is 2.53 bits per heavy atom. The molecule has 80 valence electrons. The van der Waals surface area contributed by atoms with Crippen LogP contribution in [0.4, 0.5) is 13.2 Å². The van der Waals surface area contributed by atoms with Gasteiger partial charge in [0, 0.05) is 0 Å². The summed E-state index contributed by atoms with van der Waals surface area (Å²) >= 11 is 0.965. The lowest BCUT2D eigenvalue weighted by molar-refractivity contribution is 0.116. The molecule has 4 nitrogen and oxygen atoms in total. The molecule has 0 unspecified atom stereocenters. The maximum Gasteiger partial charge on any atom is 0.314 e. The van der Waals surface area contributed by atoms with Crippen LogP contribution in [0.2, 0.25) is 0 Å². The zero-order valence-corrected chi connectivity index (χ0v) is 8.19. The van der Waals surface area contributed by atoms with E-state index in [-0.39, 0.29) is 10.8 Å². The first-order valence-electron chi connectivity index (χ1n) is 3.83. The summed E-state index contributed by atoms with van der Waals surface area (Å²) in [5.41, 5.74) is 0. The second kappa shape index (κ2) is 3.61. The van der Waals surface area contributed by atoms with Crippen LogP contribution in [0.1, 0.15) is 17.3 Å². The van der Waals surface area contributed by atoms with E-state index in [1.54, 1.807) is 6.92 Å². The molecule has 0 amide bonds. The van der Waals surface area contributed by atoms with Gasteiger partial charge in [0.25, 0.3) is 11.8 Å². The van der Waals surface area contributed by atoms with Crippen LogP contribution in [-0.2, 0) is 0 Å². The average molecular weight is 235 g/mol. The molecule has 2 rings (SSSR count). The fourth-order valence-electron chi connectivity index (χ4n) is 0.948. The van der Waals surface area contributed by atoms with E-state index in [9.17, 15) is 13.2 Å². The minimum atomic E-state index is -2.86. The van der Waals surface area contributed by atoms with Gasteiger partial charge in [-0.25, -0.2) is 4.98 Å². The van der Waals surface area contributed by atoms with Gasteiger partial charge in [-0.3, -0.25) is 0 Å². The summed E-state index contributed by atoms with van der Waals surface area (Å²) in [5, 5.41) is 6.86. The SMILES string of the molecule is Cc1nc(F)c(-c2nnc(C(F)F)o2)s1. The second-order valence-electron chi connectivity index (χ2n) is 2.60. The molecule has 0 atom stereocenters. The minimum absolute atomic E-state index is 0.0214. The van der Waals surface area contributed by atoms with Gasteiger partial charge in [0.15, 0.2) is 0 Å². The number of rotatable bonds is 2. The molecule has 0 bridgehead atoms. The van der Waals surface area contributed by atoms with Crippen molar-refractivity contribution in [3.63, 3.8) is 0 Å². The Labute approximate surface area is 85.8 Å². The van der Waals surface area contributed by atoms with E-state index in [0.29, 0.717) is 5.01 Å². The molecule has 0 N–H and O–H groups in total. The molecule has 0 radical (unpaired) electrons. The Bertz CT molecular complexity index is 482. The van der Waals surface area contributed by atoms with Gasteiger partial charge in [-0.2, -0.15) is 13.2 Å². The Morgan fingerprint density at radius 1 is 1.33 bits per heavy atom. The molecular formula is C7H4F3N3OS. The highest BCUT2D eigenvalue weighted by atomic mass is 32.1. The summed E-state index contributed by atoms with van der Waals surface area (Å²) in [6.07, 6.45) is -2.86. The Hall–Kier alpha value is -1.44. The van der Waals surface area contributed by atoms with Crippen LogP contribution in [0.3, 0.4) is 0 Å². The van der Waals surface area contributed by atoms with Gasteiger partial charge < -0.3 is 4.42 Å². The summed E-state index contributed by atoms with van der Waals surface area (Å²) in [6, 6.07) is 0. The van der Waals surface area contributed by atoms with Gasteiger partial charge in [-0.1, -0.05) is 0 Å². The van der Waals surface area contributed by atoms with Crippen molar-refractivity contribution in [2.24, 2.45) is 0 Å². The maximum atomic E-state index is 13.1. The van der Waals surface area contributed by atoms with Gasteiger partial charge in [0.05, 0.1) is 5.01 Å². The Balaban J connectivity index is 2.41. The predicted molar refractivity (Wildman–Crippen MR) is 45.1 cm³/mol. The maximum absolute atomic E-state index is 13.1. The second-order valence-corrected chi connectivity index (χ2v) is 3.80. The van der Waals surface area contributed by atoms with Crippen LogP contribution in [0.5, 0.6) is 0 Å². The fraction of sp³-hybridized carbons (Fsp3) is 0.286. The minimum Gasteiger partial charge on any atom is -0.414 e. The van der Waals surface area contributed by atoms with E-state index in [4.69, 9.17) is 0 Å². The molecule has 0 aliphatic heterocycles. The normalized spacial score (nSPS) is 11.3. The van der Waals surface area contributed by atoms with Gasteiger partial charge in [0.2, 0.25) is 5.95 Å². The molecule has 0 aliphatic rings. The zero-order valence-electron chi connectivity index (χ0n) is 7.37. The molecule has 2 heterocycles. The monoisotopic (exact) mass is 235 g/mol. The van der Waals surface area contributed by atoms with Crippen LogP contribution in [0.15, 0.2) is 4.42 Å². The Morgan fingerprint density at radius 2 is 2.07 bits per heavy atom. The molecule has 0 aromatic carbocycles. The van der Waals surface area contributed by atoms with Crippen molar-refractivity contribution in [1.29, 1.82) is 0 Å². The summed E-state index contributed by atoms with van der Waals surface area (Å²) in [4.78, 5) is 3.46. The summed E-state index contributed by atoms with van der Waals surface area (Å²) in [7, 11) is 0. The lowest BCUT2D eigenvalue weighted by Gasteiger charge is -1.88. The van der Waals surface area contributed by atoms with Crippen molar-refractivity contribution in [3.05, 3.63) is 16.8 Å². The van der Waals surface area contributed by atoms with Crippen LogP contribution >= 0.6 is 11.3 Å². The fourth-order valence-corrected chi connectivity index (χ4v) is 1.67. The summed E-state index contributed by atoms with van der Waals surface area (Å²) in [6.45, 7) is 1.58. The average Bonchev–Trinajstić information content (AvgIpc) is 2.71. The zero-order chi connectivity index (χ0) is 11.0. The molecule has 2 aromatic rings. The number of hydrogen-bond acceptors (Lipinski definition) is 5.